The van der Waals surface area contributed by atoms with Crippen molar-refractivity contribution in [2.45, 2.75) is 0 Å². The molecule has 0 N–H and O–H groups in total. The number of fused-ring (bicyclic) bond motifs is 1. The molecule has 3 rings (SSSR count). The molecule has 0 aromatic heterocycles. The highest BCUT2D eigenvalue weighted by atomic mass is 35.5. The average Bonchev–Trinajstić information content (AvgIpc) is 2.65. The highest BCUT2D eigenvalue weighted by Gasteiger charge is 2.19. The van der Waals surface area contributed by atoms with Gasteiger partial charge < -0.3 is 0 Å². The van der Waals surface area contributed by atoms with Crippen LogP contribution in [-0.4, -0.2) is 5.78 Å². The lowest BCUT2D eigenvalue weighted by Crippen LogP contribution is -2.00. The molecule has 0 saturated carbocycles. The summed E-state index contributed by atoms with van der Waals surface area (Å²) >= 11 is 6.22. The van der Waals surface area contributed by atoms with Crippen LogP contribution in [0.5, 0.6) is 0 Å². The Morgan fingerprint density at radius 1 is 0.789 bits per heavy atom. The molecular weight excluding hydrogens is 256 g/mol. The van der Waals surface area contributed by atoms with Gasteiger partial charge in [-0.25, -0.2) is 0 Å². The molecule has 1 nitrogen and oxygen atoms in total. The van der Waals surface area contributed by atoms with Crippen molar-refractivity contribution in [1.29, 1.82) is 0 Å². The van der Waals surface area contributed by atoms with Crippen molar-refractivity contribution in [1.82, 2.24) is 0 Å². The maximum absolute atomic E-state index is 12.5. The lowest BCUT2D eigenvalue weighted by molar-refractivity contribution is 0.103. The van der Waals surface area contributed by atoms with E-state index in [9.17, 15) is 4.79 Å². The van der Waals surface area contributed by atoms with Crippen molar-refractivity contribution < 1.29 is 4.79 Å². The second-order valence-electron chi connectivity index (χ2n) is 4.34. The van der Waals surface area contributed by atoms with Crippen LogP contribution in [0.1, 0.15) is 15.9 Å². The lowest BCUT2D eigenvalue weighted by atomic mass is 10.0. The summed E-state index contributed by atoms with van der Waals surface area (Å²) in [6.07, 6.45) is 0. The topological polar surface area (TPSA) is 17.1 Å². The highest BCUT2D eigenvalue weighted by molar-refractivity contribution is 6.35. The molecule has 0 aliphatic heterocycles. The van der Waals surface area contributed by atoms with Crippen molar-refractivity contribution in [3.8, 4) is 11.1 Å². The van der Waals surface area contributed by atoms with Crippen LogP contribution in [0.2, 0.25) is 5.02 Å². The van der Waals surface area contributed by atoms with E-state index in [1.54, 1.807) is 6.07 Å². The molecule has 1 aromatic rings. The maximum Gasteiger partial charge on any atom is 0.193 e. The Morgan fingerprint density at radius 2 is 1.37 bits per heavy atom. The van der Waals surface area contributed by atoms with E-state index >= 15 is 0 Å². The Hall–Kier alpha value is -2.12. The van der Waals surface area contributed by atoms with Crippen LogP contribution >= 0.6 is 11.6 Å². The van der Waals surface area contributed by atoms with Crippen LogP contribution < -0.4 is 0 Å². The van der Waals surface area contributed by atoms with Crippen LogP contribution in [0, 0.1) is 0 Å². The molecule has 1 aromatic carbocycles. The second kappa shape index (κ2) is 4.87. The molecule has 0 heterocycles. The third kappa shape index (κ3) is 2.13. The number of rotatable bonds is 2. The minimum Gasteiger partial charge on any atom is -0.289 e. The normalized spacial score (nSPS) is 10.6. The van der Waals surface area contributed by atoms with Gasteiger partial charge in [0.1, 0.15) is 0 Å². The van der Waals surface area contributed by atoms with Gasteiger partial charge in [0.25, 0.3) is 0 Å². The molecule has 0 spiro atoms. The van der Waals surface area contributed by atoms with Crippen LogP contribution in [0.25, 0.3) is 11.1 Å². The summed E-state index contributed by atoms with van der Waals surface area (Å²) in [4.78, 5) is 12.5. The molecule has 92 valence electrons. The number of carbonyl (C=O) groups excluding carboxylic acids is 1. The van der Waals surface area contributed by atoms with Crippen molar-refractivity contribution in [3.63, 3.8) is 0 Å². The molecule has 0 saturated heterocycles. The predicted molar refractivity (Wildman–Crippen MR) is 77.9 cm³/mol. The SMILES string of the molecule is O=C(c1ccccc1)c1cc(Cl)c2cccccc1-2. The monoisotopic (exact) mass is 266 g/mol. The summed E-state index contributed by atoms with van der Waals surface area (Å²) in [7, 11) is 0. The van der Waals surface area contributed by atoms with Gasteiger partial charge in [0.05, 0.1) is 0 Å². The number of hydrogen-bond acceptors (Lipinski definition) is 1. The maximum atomic E-state index is 12.5. The van der Waals surface area contributed by atoms with Crippen LogP contribution in [0.15, 0.2) is 66.7 Å². The van der Waals surface area contributed by atoms with Gasteiger partial charge in [-0.05, 0) is 11.6 Å². The quantitative estimate of drug-likeness (QED) is 0.616. The molecular formula is C17H11ClO. The van der Waals surface area contributed by atoms with E-state index < -0.39 is 0 Å². The van der Waals surface area contributed by atoms with Crippen LogP contribution in [-0.2, 0) is 0 Å². The van der Waals surface area contributed by atoms with E-state index in [1.165, 1.54) is 0 Å². The molecule has 2 aliphatic rings. The minimum atomic E-state index is 0.00343. The molecule has 19 heavy (non-hydrogen) atoms. The van der Waals surface area contributed by atoms with E-state index in [1.807, 2.05) is 60.7 Å². The fourth-order valence-electron chi connectivity index (χ4n) is 2.21. The zero-order valence-corrected chi connectivity index (χ0v) is 10.9. The Balaban J connectivity index is 2.16. The van der Waals surface area contributed by atoms with Gasteiger partial charge in [0.2, 0.25) is 0 Å². The molecule has 0 bridgehead atoms. The van der Waals surface area contributed by atoms with E-state index in [4.69, 9.17) is 11.6 Å². The first-order valence-corrected chi connectivity index (χ1v) is 6.42. The minimum absolute atomic E-state index is 0.00343. The van der Waals surface area contributed by atoms with E-state index in [0.29, 0.717) is 16.1 Å². The van der Waals surface area contributed by atoms with Gasteiger partial charge in [-0.1, -0.05) is 72.3 Å². The summed E-state index contributed by atoms with van der Waals surface area (Å²) in [6, 6.07) is 20.6. The standard InChI is InChI=1S/C17H11ClO/c18-16-11-15(13-9-5-2-6-10-14(13)16)17(19)12-7-3-1-4-8-12/h1-11H. The van der Waals surface area contributed by atoms with Gasteiger partial charge in [0.15, 0.2) is 5.78 Å². The predicted octanol–water partition coefficient (Wildman–Crippen LogP) is 4.68. The molecule has 0 radical (unpaired) electrons. The van der Waals surface area contributed by atoms with Crippen molar-refractivity contribution in [2.24, 2.45) is 0 Å². The zero-order valence-electron chi connectivity index (χ0n) is 10.1. The number of hydrogen-bond donors (Lipinski definition) is 0. The number of halogens is 1. The van der Waals surface area contributed by atoms with Crippen LogP contribution in [0.3, 0.4) is 0 Å². The summed E-state index contributed by atoms with van der Waals surface area (Å²) in [5.74, 6) is 0.00343. The molecule has 2 heteroatoms. The molecule has 0 amide bonds. The van der Waals surface area contributed by atoms with Crippen LogP contribution in [0.4, 0.5) is 0 Å². The third-order valence-corrected chi connectivity index (χ3v) is 3.45. The Labute approximate surface area is 116 Å². The summed E-state index contributed by atoms with van der Waals surface area (Å²) in [6.45, 7) is 0. The first kappa shape index (κ1) is 11.9. The van der Waals surface area contributed by atoms with Gasteiger partial charge in [-0.2, -0.15) is 0 Å². The van der Waals surface area contributed by atoms with E-state index in [-0.39, 0.29) is 5.78 Å². The van der Waals surface area contributed by atoms with Gasteiger partial charge in [0, 0.05) is 21.7 Å². The molecule has 0 unspecified atom stereocenters. The lowest BCUT2D eigenvalue weighted by Gasteiger charge is -2.01. The van der Waals surface area contributed by atoms with Crippen molar-refractivity contribution >= 4 is 17.4 Å². The Morgan fingerprint density at radius 3 is 2.05 bits per heavy atom. The second-order valence-corrected chi connectivity index (χ2v) is 4.75. The number of benzene rings is 1. The number of carbonyl (C=O) groups is 1. The zero-order chi connectivity index (χ0) is 13.2. The largest absolute Gasteiger partial charge is 0.289 e. The van der Waals surface area contributed by atoms with E-state index in [0.717, 1.165) is 11.1 Å². The van der Waals surface area contributed by atoms with Gasteiger partial charge in [-0.3, -0.25) is 4.79 Å². The summed E-state index contributed by atoms with van der Waals surface area (Å²) < 4.78 is 0. The first-order chi connectivity index (χ1) is 9.27. The average molecular weight is 267 g/mol. The van der Waals surface area contributed by atoms with Gasteiger partial charge >= 0.3 is 0 Å². The van der Waals surface area contributed by atoms with Crippen molar-refractivity contribution in [2.75, 3.05) is 0 Å². The fourth-order valence-corrected chi connectivity index (χ4v) is 2.48. The molecule has 2 aliphatic carbocycles. The third-order valence-electron chi connectivity index (χ3n) is 3.14. The molecule has 0 fully saturated rings. The van der Waals surface area contributed by atoms with E-state index in [2.05, 4.69) is 0 Å². The van der Waals surface area contributed by atoms with Crippen molar-refractivity contribution in [3.05, 3.63) is 82.9 Å². The van der Waals surface area contributed by atoms with Gasteiger partial charge in [-0.15, -0.1) is 0 Å². The smallest absolute Gasteiger partial charge is 0.193 e. The summed E-state index contributed by atoms with van der Waals surface area (Å²) in [5, 5.41) is 0.616. The highest BCUT2D eigenvalue weighted by Crippen LogP contribution is 2.36. The Kier molecular flexibility index (Phi) is 3.06. The summed E-state index contributed by atoms with van der Waals surface area (Å²) in [5.41, 5.74) is 3.13. The fraction of sp³-hybridized carbons (Fsp3) is 0. The molecule has 0 atom stereocenters. The number of ketones is 1. The first-order valence-electron chi connectivity index (χ1n) is 6.04. The Bertz CT molecular complexity index is 704.